The van der Waals surface area contributed by atoms with Gasteiger partial charge >= 0.3 is 0 Å². The molecular weight excluding hydrogens is 204 g/mol. The molecule has 0 spiro atoms. The van der Waals surface area contributed by atoms with Gasteiger partial charge in [0.1, 0.15) is 18.0 Å². The first-order valence-corrected chi connectivity index (χ1v) is 5.52. The number of anilines is 2. The number of aromatic nitrogens is 2. The minimum Gasteiger partial charge on any atom is -0.380 e. The number of nitrogens with one attached hydrogen (secondary N) is 2. The summed E-state index contributed by atoms with van der Waals surface area (Å²) in [5, 5.41) is 6.33. The largest absolute Gasteiger partial charge is 0.380 e. The van der Waals surface area contributed by atoms with Crippen molar-refractivity contribution < 1.29 is 4.74 Å². The third-order valence-corrected chi connectivity index (χ3v) is 2.28. The standard InChI is InChI=1S/C11H20N4O/c1-5-16-6-8(2)15-11-9(3)10(12-4)13-7-14-11/h7-8H,5-6H2,1-4H3,(H2,12,13,14,15). The van der Waals surface area contributed by atoms with E-state index in [4.69, 9.17) is 4.74 Å². The van der Waals surface area contributed by atoms with Gasteiger partial charge in [-0.15, -0.1) is 0 Å². The lowest BCUT2D eigenvalue weighted by Gasteiger charge is -2.16. The van der Waals surface area contributed by atoms with Crippen molar-refractivity contribution in [1.82, 2.24) is 9.97 Å². The Labute approximate surface area is 96.6 Å². The monoisotopic (exact) mass is 224 g/mol. The van der Waals surface area contributed by atoms with Gasteiger partial charge in [0, 0.05) is 25.3 Å². The maximum atomic E-state index is 5.34. The van der Waals surface area contributed by atoms with Gasteiger partial charge < -0.3 is 15.4 Å². The zero-order valence-electron chi connectivity index (χ0n) is 10.4. The van der Waals surface area contributed by atoms with Crippen LogP contribution in [0.1, 0.15) is 19.4 Å². The normalized spacial score (nSPS) is 12.2. The van der Waals surface area contributed by atoms with E-state index in [1.165, 1.54) is 0 Å². The van der Waals surface area contributed by atoms with E-state index < -0.39 is 0 Å². The highest BCUT2D eigenvalue weighted by Gasteiger charge is 2.08. The van der Waals surface area contributed by atoms with Crippen molar-refractivity contribution in [3.8, 4) is 0 Å². The molecular formula is C11H20N4O. The number of ether oxygens (including phenoxy) is 1. The lowest BCUT2D eigenvalue weighted by molar-refractivity contribution is 0.141. The van der Waals surface area contributed by atoms with Crippen molar-refractivity contribution in [2.75, 3.05) is 30.9 Å². The summed E-state index contributed by atoms with van der Waals surface area (Å²) in [6, 6.07) is 0.234. The minimum absolute atomic E-state index is 0.234. The highest BCUT2D eigenvalue weighted by Crippen LogP contribution is 2.18. The second-order valence-corrected chi connectivity index (χ2v) is 3.65. The van der Waals surface area contributed by atoms with Crippen LogP contribution >= 0.6 is 0 Å². The van der Waals surface area contributed by atoms with Gasteiger partial charge in [-0.2, -0.15) is 0 Å². The average Bonchev–Trinajstić information content (AvgIpc) is 2.29. The molecule has 0 saturated carbocycles. The molecule has 0 radical (unpaired) electrons. The fraction of sp³-hybridized carbons (Fsp3) is 0.636. The Morgan fingerprint density at radius 3 is 2.69 bits per heavy atom. The molecule has 16 heavy (non-hydrogen) atoms. The van der Waals surface area contributed by atoms with E-state index in [-0.39, 0.29) is 6.04 Å². The molecule has 0 fully saturated rings. The van der Waals surface area contributed by atoms with Crippen LogP contribution in [0.3, 0.4) is 0 Å². The van der Waals surface area contributed by atoms with Gasteiger partial charge in [-0.25, -0.2) is 9.97 Å². The lowest BCUT2D eigenvalue weighted by Crippen LogP contribution is -2.23. The average molecular weight is 224 g/mol. The van der Waals surface area contributed by atoms with Gasteiger partial charge in [-0.3, -0.25) is 0 Å². The van der Waals surface area contributed by atoms with Gasteiger partial charge in [0.05, 0.1) is 6.61 Å². The van der Waals surface area contributed by atoms with E-state index in [2.05, 4.69) is 27.5 Å². The van der Waals surface area contributed by atoms with Crippen LogP contribution in [-0.4, -0.2) is 36.3 Å². The van der Waals surface area contributed by atoms with Crippen LogP contribution in [0.4, 0.5) is 11.6 Å². The van der Waals surface area contributed by atoms with E-state index in [9.17, 15) is 0 Å². The molecule has 0 bridgehead atoms. The Morgan fingerprint density at radius 1 is 1.38 bits per heavy atom. The van der Waals surface area contributed by atoms with Crippen molar-refractivity contribution in [3.63, 3.8) is 0 Å². The second kappa shape index (κ2) is 6.27. The summed E-state index contributed by atoms with van der Waals surface area (Å²) in [5.74, 6) is 1.70. The molecule has 1 rings (SSSR count). The van der Waals surface area contributed by atoms with Crippen molar-refractivity contribution in [1.29, 1.82) is 0 Å². The summed E-state index contributed by atoms with van der Waals surface area (Å²) < 4.78 is 5.34. The van der Waals surface area contributed by atoms with E-state index in [0.29, 0.717) is 6.61 Å². The van der Waals surface area contributed by atoms with E-state index in [0.717, 1.165) is 23.8 Å². The van der Waals surface area contributed by atoms with Crippen LogP contribution in [0.5, 0.6) is 0 Å². The van der Waals surface area contributed by atoms with Crippen LogP contribution in [0, 0.1) is 6.92 Å². The minimum atomic E-state index is 0.234. The molecule has 90 valence electrons. The highest BCUT2D eigenvalue weighted by molar-refractivity contribution is 5.56. The lowest BCUT2D eigenvalue weighted by atomic mass is 10.3. The third kappa shape index (κ3) is 3.34. The van der Waals surface area contributed by atoms with Crippen molar-refractivity contribution in [2.24, 2.45) is 0 Å². The number of nitrogens with zero attached hydrogens (tertiary/aromatic N) is 2. The maximum Gasteiger partial charge on any atom is 0.134 e. The van der Waals surface area contributed by atoms with Crippen LogP contribution in [-0.2, 0) is 4.74 Å². The summed E-state index contributed by atoms with van der Waals surface area (Å²) in [6.45, 7) is 7.45. The van der Waals surface area contributed by atoms with Gasteiger partial charge in [0.15, 0.2) is 0 Å². The number of rotatable bonds is 6. The van der Waals surface area contributed by atoms with Gasteiger partial charge in [0.2, 0.25) is 0 Å². The van der Waals surface area contributed by atoms with Gasteiger partial charge in [0.25, 0.3) is 0 Å². The zero-order chi connectivity index (χ0) is 12.0. The Kier molecular flexibility index (Phi) is 4.98. The topological polar surface area (TPSA) is 59.1 Å². The SMILES string of the molecule is CCOCC(C)Nc1ncnc(NC)c1C. The summed E-state index contributed by atoms with van der Waals surface area (Å²) >= 11 is 0. The highest BCUT2D eigenvalue weighted by atomic mass is 16.5. The van der Waals surface area contributed by atoms with Crippen LogP contribution in [0.25, 0.3) is 0 Å². The van der Waals surface area contributed by atoms with Gasteiger partial charge in [-0.05, 0) is 20.8 Å². The molecule has 5 heteroatoms. The summed E-state index contributed by atoms with van der Waals surface area (Å²) in [7, 11) is 1.85. The smallest absolute Gasteiger partial charge is 0.134 e. The quantitative estimate of drug-likeness (QED) is 0.769. The van der Waals surface area contributed by atoms with Crippen molar-refractivity contribution >= 4 is 11.6 Å². The molecule has 0 saturated heterocycles. The Bertz CT molecular complexity index is 330. The van der Waals surface area contributed by atoms with Crippen LogP contribution < -0.4 is 10.6 Å². The molecule has 1 aromatic rings. The molecule has 1 aromatic heterocycles. The predicted octanol–water partition coefficient (Wildman–Crippen LogP) is 1.66. The van der Waals surface area contributed by atoms with E-state index in [1.54, 1.807) is 6.33 Å². The molecule has 5 nitrogen and oxygen atoms in total. The van der Waals surface area contributed by atoms with Crippen molar-refractivity contribution in [3.05, 3.63) is 11.9 Å². The summed E-state index contributed by atoms with van der Waals surface area (Å²) in [4.78, 5) is 8.35. The molecule has 0 aromatic carbocycles. The van der Waals surface area contributed by atoms with Gasteiger partial charge in [-0.1, -0.05) is 0 Å². The first-order valence-electron chi connectivity index (χ1n) is 5.52. The summed E-state index contributed by atoms with van der Waals surface area (Å²) in [5.41, 5.74) is 1.02. The van der Waals surface area contributed by atoms with E-state index in [1.807, 2.05) is 20.9 Å². The molecule has 2 N–H and O–H groups in total. The zero-order valence-corrected chi connectivity index (χ0v) is 10.4. The maximum absolute atomic E-state index is 5.34. The first kappa shape index (κ1) is 12.7. The molecule has 0 amide bonds. The molecule has 0 aliphatic heterocycles. The predicted molar refractivity (Wildman–Crippen MR) is 65.9 cm³/mol. The Hall–Kier alpha value is -1.36. The second-order valence-electron chi connectivity index (χ2n) is 3.65. The van der Waals surface area contributed by atoms with E-state index >= 15 is 0 Å². The van der Waals surface area contributed by atoms with Crippen LogP contribution in [0.15, 0.2) is 6.33 Å². The third-order valence-electron chi connectivity index (χ3n) is 2.28. The Morgan fingerprint density at radius 2 is 2.06 bits per heavy atom. The molecule has 1 unspecified atom stereocenters. The van der Waals surface area contributed by atoms with Crippen LogP contribution in [0.2, 0.25) is 0 Å². The summed E-state index contributed by atoms with van der Waals surface area (Å²) in [6.07, 6.45) is 1.55. The molecule has 0 aliphatic carbocycles. The molecule has 0 aliphatic rings. The Balaban J connectivity index is 2.66. The molecule has 1 heterocycles. The van der Waals surface area contributed by atoms with Crippen molar-refractivity contribution in [2.45, 2.75) is 26.8 Å². The molecule has 1 atom stereocenters. The number of hydrogen-bond acceptors (Lipinski definition) is 5. The number of hydrogen-bond donors (Lipinski definition) is 2. The first-order chi connectivity index (χ1) is 7.69. The fourth-order valence-corrected chi connectivity index (χ4v) is 1.42. The fourth-order valence-electron chi connectivity index (χ4n) is 1.42.